The molecule has 0 saturated carbocycles. The molecule has 2 aromatic rings. The van der Waals surface area contributed by atoms with Crippen molar-refractivity contribution in [3.05, 3.63) is 59.7 Å². The number of rotatable bonds is 4. The summed E-state index contributed by atoms with van der Waals surface area (Å²) >= 11 is 0. The van der Waals surface area contributed by atoms with Gasteiger partial charge in [-0.3, -0.25) is 14.5 Å². The van der Waals surface area contributed by atoms with Crippen LogP contribution in [0.2, 0.25) is 0 Å². The maximum Gasteiger partial charge on any atom is 0.331 e. The number of imide groups is 1. The predicted molar refractivity (Wildman–Crippen MR) is 88.2 cm³/mol. The van der Waals surface area contributed by atoms with Crippen LogP contribution in [-0.2, 0) is 4.79 Å². The lowest BCUT2D eigenvalue weighted by Gasteiger charge is -2.15. The van der Waals surface area contributed by atoms with Crippen LogP contribution in [0, 0.1) is 0 Å². The lowest BCUT2D eigenvalue weighted by molar-refractivity contribution is -0.134. The van der Waals surface area contributed by atoms with Crippen molar-refractivity contribution in [3.8, 4) is 5.75 Å². The Morgan fingerprint density at radius 3 is 2.21 bits per heavy atom. The molecule has 1 heterocycles. The summed E-state index contributed by atoms with van der Waals surface area (Å²) in [5.74, 6) is -1.26. The average Bonchev–Trinajstić information content (AvgIpc) is 2.80. The Kier molecular flexibility index (Phi) is 4.04. The van der Waals surface area contributed by atoms with E-state index in [-0.39, 0.29) is 0 Å². The largest absolute Gasteiger partial charge is 0.425 e. The number of carbonyl (C=O) groups excluding carboxylic acids is 3. The van der Waals surface area contributed by atoms with Crippen molar-refractivity contribution >= 4 is 23.5 Å². The molecule has 122 valence electrons. The van der Waals surface area contributed by atoms with Gasteiger partial charge in [-0.1, -0.05) is 18.2 Å². The molecule has 0 saturated heterocycles. The van der Waals surface area contributed by atoms with Crippen molar-refractivity contribution < 1.29 is 19.1 Å². The van der Waals surface area contributed by atoms with Crippen molar-refractivity contribution in [1.82, 2.24) is 4.90 Å². The van der Waals surface area contributed by atoms with E-state index in [0.29, 0.717) is 16.9 Å². The third-order valence-electron chi connectivity index (χ3n) is 3.73. The molecule has 2 aromatic carbocycles. The molecule has 3 rings (SSSR count). The van der Waals surface area contributed by atoms with Gasteiger partial charge in [0.15, 0.2) is 0 Å². The van der Waals surface area contributed by atoms with Crippen molar-refractivity contribution in [2.45, 2.75) is 0 Å². The van der Waals surface area contributed by atoms with E-state index in [4.69, 9.17) is 4.74 Å². The predicted octanol–water partition coefficient (Wildman–Crippen LogP) is 1.95. The van der Waals surface area contributed by atoms with E-state index in [9.17, 15) is 14.4 Å². The fourth-order valence-corrected chi connectivity index (χ4v) is 2.50. The number of hydrogen-bond donors (Lipinski definition) is 0. The van der Waals surface area contributed by atoms with Gasteiger partial charge < -0.3 is 9.64 Å². The molecule has 1 aliphatic rings. The van der Waals surface area contributed by atoms with Gasteiger partial charge in [0.25, 0.3) is 11.8 Å². The summed E-state index contributed by atoms with van der Waals surface area (Å²) in [6, 6.07) is 13.5. The molecule has 0 radical (unpaired) electrons. The number of amides is 2. The zero-order chi connectivity index (χ0) is 17.3. The maximum atomic E-state index is 12.2. The van der Waals surface area contributed by atoms with Crippen molar-refractivity contribution in [2.24, 2.45) is 0 Å². The summed E-state index contributed by atoms with van der Waals surface area (Å²) in [6.45, 7) is -0.418. The molecule has 0 aliphatic carbocycles. The zero-order valence-electron chi connectivity index (χ0n) is 13.4. The van der Waals surface area contributed by atoms with Crippen LogP contribution in [0.3, 0.4) is 0 Å². The Balaban J connectivity index is 1.71. The second-order valence-corrected chi connectivity index (χ2v) is 5.61. The number of nitrogens with zero attached hydrogens (tertiary/aromatic N) is 2. The van der Waals surface area contributed by atoms with Gasteiger partial charge in [-0.2, -0.15) is 0 Å². The van der Waals surface area contributed by atoms with Crippen LogP contribution >= 0.6 is 0 Å². The van der Waals surface area contributed by atoms with Gasteiger partial charge in [-0.05, 0) is 24.3 Å². The Labute approximate surface area is 139 Å². The van der Waals surface area contributed by atoms with E-state index in [1.165, 1.54) is 0 Å². The minimum Gasteiger partial charge on any atom is -0.425 e. The number of fused-ring (bicyclic) bond motifs is 1. The summed E-state index contributed by atoms with van der Waals surface area (Å²) in [5, 5.41) is 0. The standard InChI is InChI=1S/C18H16N2O4/c1-19(2)12-6-5-7-13(10-12)24-16(21)11-20-17(22)14-8-3-4-9-15(14)18(20)23/h3-10H,11H2,1-2H3. The number of ether oxygens (including phenoxy) is 1. The summed E-state index contributed by atoms with van der Waals surface area (Å²) in [4.78, 5) is 39.4. The van der Waals surface area contributed by atoms with Crippen LogP contribution in [-0.4, -0.2) is 43.3 Å². The first-order valence-corrected chi connectivity index (χ1v) is 7.40. The summed E-state index contributed by atoms with van der Waals surface area (Å²) in [5.41, 5.74) is 1.50. The van der Waals surface area contributed by atoms with E-state index in [1.54, 1.807) is 42.5 Å². The molecule has 0 bridgehead atoms. The molecule has 0 fully saturated rings. The van der Waals surface area contributed by atoms with E-state index < -0.39 is 24.3 Å². The molecule has 0 unspecified atom stereocenters. The maximum absolute atomic E-state index is 12.2. The minimum atomic E-state index is -0.666. The fourth-order valence-electron chi connectivity index (χ4n) is 2.50. The minimum absolute atomic E-state index is 0.310. The highest BCUT2D eigenvalue weighted by Crippen LogP contribution is 2.23. The fraction of sp³-hybridized carbons (Fsp3) is 0.167. The highest BCUT2D eigenvalue weighted by Gasteiger charge is 2.36. The molecule has 0 atom stereocenters. The van der Waals surface area contributed by atoms with Crippen LogP contribution in [0.15, 0.2) is 48.5 Å². The molecular weight excluding hydrogens is 308 g/mol. The molecule has 2 amide bonds. The molecule has 6 heteroatoms. The molecular formula is C18H16N2O4. The molecule has 0 aromatic heterocycles. The van der Waals surface area contributed by atoms with Crippen LogP contribution < -0.4 is 9.64 Å². The van der Waals surface area contributed by atoms with Gasteiger partial charge in [0.05, 0.1) is 11.1 Å². The van der Waals surface area contributed by atoms with Crippen LogP contribution in [0.5, 0.6) is 5.75 Å². The van der Waals surface area contributed by atoms with Gasteiger partial charge >= 0.3 is 5.97 Å². The van der Waals surface area contributed by atoms with Crippen LogP contribution in [0.4, 0.5) is 5.69 Å². The van der Waals surface area contributed by atoms with Crippen LogP contribution in [0.1, 0.15) is 20.7 Å². The smallest absolute Gasteiger partial charge is 0.331 e. The van der Waals surface area contributed by atoms with Gasteiger partial charge in [0.2, 0.25) is 0 Å². The highest BCUT2D eigenvalue weighted by molar-refractivity contribution is 6.22. The van der Waals surface area contributed by atoms with Gasteiger partial charge in [-0.15, -0.1) is 0 Å². The normalized spacial score (nSPS) is 13.0. The molecule has 1 aliphatic heterocycles. The molecule has 24 heavy (non-hydrogen) atoms. The first-order chi connectivity index (χ1) is 11.5. The SMILES string of the molecule is CN(C)c1cccc(OC(=O)CN2C(=O)c3ccccc3C2=O)c1. The van der Waals surface area contributed by atoms with E-state index in [1.807, 2.05) is 25.1 Å². The highest BCUT2D eigenvalue weighted by atomic mass is 16.5. The van der Waals surface area contributed by atoms with Crippen LogP contribution in [0.25, 0.3) is 0 Å². The monoisotopic (exact) mass is 324 g/mol. The third-order valence-corrected chi connectivity index (χ3v) is 3.73. The molecule has 0 N–H and O–H groups in total. The summed E-state index contributed by atoms with van der Waals surface area (Å²) in [6.07, 6.45) is 0. The first-order valence-electron chi connectivity index (χ1n) is 7.40. The van der Waals surface area contributed by atoms with E-state index >= 15 is 0 Å². The number of carbonyl (C=O) groups is 3. The molecule has 0 spiro atoms. The van der Waals surface area contributed by atoms with E-state index in [2.05, 4.69) is 0 Å². The summed E-state index contributed by atoms with van der Waals surface area (Å²) < 4.78 is 5.25. The topological polar surface area (TPSA) is 66.9 Å². The number of anilines is 1. The van der Waals surface area contributed by atoms with Gasteiger partial charge in [0.1, 0.15) is 12.3 Å². The third kappa shape index (κ3) is 2.86. The first kappa shape index (κ1) is 15.7. The Hall–Kier alpha value is -3.15. The second kappa shape index (κ2) is 6.16. The van der Waals surface area contributed by atoms with Gasteiger partial charge in [-0.25, -0.2) is 4.79 Å². The van der Waals surface area contributed by atoms with Crippen molar-refractivity contribution in [2.75, 3.05) is 25.5 Å². The van der Waals surface area contributed by atoms with Crippen molar-refractivity contribution in [3.63, 3.8) is 0 Å². The quantitative estimate of drug-likeness (QED) is 0.488. The number of esters is 1. The average molecular weight is 324 g/mol. The number of hydrogen-bond acceptors (Lipinski definition) is 5. The van der Waals surface area contributed by atoms with Crippen molar-refractivity contribution in [1.29, 1.82) is 0 Å². The lowest BCUT2D eigenvalue weighted by Crippen LogP contribution is -2.36. The lowest BCUT2D eigenvalue weighted by atomic mass is 10.1. The second-order valence-electron chi connectivity index (χ2n) is 5.61. The Morgan fingerprint density at radius 1 is 1.00 bits per heavy atom. The zero-order valence-corrected chi connectivity index (χ0v) is 13.4. The molecule has 6 nitrogen and oxygen atoms in total. The Morgan fingerprint density at radius 2 is 1.62 bits per heavy atom. The van der Waals surface area contributed by atoms with Gasteiger partial charge in [0, 0.05) is 25.8 Å². The Bertz CT molecular complexity index is 794. The summed E-state index contributed by atoms with van der Waals surface area (Å²) in [7, 11) is 3.75. The number of benzene rings is 2. The van der Waals surface area contributed by atoms with E-state index in [0.717, 1.165) is 10.6 Å².